The summed E-state index contributed by atoms with van der Waals surface area (Å²) in [5.74, 6) is 0.813. The zero-order chi connectivity index (χ0) is 9.80. The van der Waals surface area contributed by atoms with Gasteiger partial charge in [-0.25, -0.2) is 0 Å². The number of hydrogen-bond acceptors (Lipinski definition) is 3. The first kappa shape index (κ1) is 8.59. The molecular weight excluding hydrogens is 178 g/mol. The van der Waals surface area contributed by atoms with Crippen molar-refractivity contribution in [2.45, 2.75) is 0 Å². The summed E-state index contributed by atoms with van der Waals surface area (Å²) in [6.07, 6.45) is 0. The Morgan fingerprint density at radius 2 is 2.29 bits per heavy atom. The highest BCUT2D eigenvalue weighted by molar-refractivity contribution is 6.03. The predicted molar refractivity (Wildman–Crippen MR) is 54.7 cm³/mol. The van der Waals surface area contributed by atoms with Crippen molar-refractivity contribution < 1.29 is 0 Å². The average molecular weight is 187 g/mol. The van der Waals surface area contributed by atoms with Gasteiger partial charge in [0.05, 0.1) is 6.54 Å². The van der Waals surface area contributed by atoms with Crippen LogP contribution in [-0.4, -0.2) is 18.9 Å². The van der Waals surface area contributed by atoms with Crippen LogP contribution in [0.15, 0.2) is 34.4 Å². The molecule has 0 bridgehead atoms. The SMILES string of the molecule is [N-]=[N+]=Nc1ccccc1C1=NCCN1. The van der Waals surface area contributed by atoms with Gasteiger partial charge < -0.3 is 5.32 Å². The molecule has 1 N–H and O–H groups in total. The number of aliphatic imine (C=N–C) groups is 1. The Morgan fingerprint density at radius 3 is 3.00 bits per heavy atom. The highest BCUT2D eigenvalue weighted by Gasteiger charge is 2.10. The highest BCUT2D eigenvalue weighted by Crippen LogP contribution is 2.19. The summed E-state index contributed by atoms with van der Waals surface area (Å²) in [4.78, 5) is 7.05. The smallest absolute Gasteiger partial charge is 0.128 e. The molecule has 0 amide bonds. The van der Waals surface area contributed by atoms with Gasteiger partial charge in [0.1, 0.15) is 5.84 Å². The van der Waals surface area contributed by atoms with Crippen LogP contribution in [0.3, 0.4) is 0 Å². The molecule has 14 heavy (non-hydrogen) atoms. The van der Waals surface area contributed by atoms with Gasteiger partial charge in [-0.05, 0) is 5.53 Å². The number of amidine groups is 1. The Balaban J connectivity index is 2.45. The summed E-state index contributed by atoms with van der Waals surface area (Å²) >= 11 is 0. The van der Waals surface area contributed by atoms with E-state index in [0.29, 0.717) is 5.69 Å². The van der Waals surface area contributed by atoms with Crippen molar-refractivity contribution in [2.24, 2.45) is 10.1 Å². The molecule has 1 heterocycles. The molecule has 0 aromatic heterocycles. The highest BCUT2D eigenvalue weighted by atomic mass is 15.1. The van der Waals surface area contributed by atoms with Crippen molar-refractivity contribution >= 4 is 11.5 Å². The Bertz CT molecular complexity index is 417. The van der Waals surface area contributed by atoms with Crippen molar-refractivity contribution in [1.82, 2.24) is 5.32 Å². The molecule has 70 valence electrons. The second-order valence-electron chi connectivity index (χ2n) is 2.86. The lowest BCUT2D eigenvalue weighted by Gasteiger charge is -2.04. The van der Waals surface area contributed by atoms with Gasteiger partial charge in [-0.15, -0.1) is 0 Å². The average Bonchev–Trinajstić information content (AvgIpc) is 2.72. The van der Waals surface area contributed by atoms with Crippen LogP contribution in [0.5, 0.6) is 0 Å². The van der Waals surface area contributed by atoms with E-state index in [1.54, 1.807) is 6.07 Å². The largest absolute Gasteiger partial charge is 0.368 e. The van der Waals surface area contributed by atoms with Gasteiger partial charge in [-0.3, -0.25) is 4.99 Å². The fraction of sp³-hybridized carbons (Fsp3) is 0.222. The summed E-state index contributed by atoms with van der Waals surface area (Å²) in [7, 11) is 0. The summed E-state index contributed by atoms with van der Waals surface area (Å²) in [6.45, 7) is 1.62. The molecule has 0 saturated carbocycles. The molecule has 1 aromatic rings. The lowest BCUT2D eigenvalue weighted by atomic mass is 10.1. The number of benzene rings is 1. The fourth-order valence-corrected chi connectivity index (χ4v) is 1.39. The Hall–Kier alpha value is -2.00. The van der Waals surface area contributed by atoms with Crippen LogP contribution < -0.4 is 5.32 Å². The molecule has 5 nitrogen and oxygen atoms in total. The molecule has 0 atom stereocenters. The van der Waals surface area contributed by atoms with E-state index in [1.807, 2.05) is 18.2 Å². The maximum Gasteiger partial charge on any atom is 0.128 e. The Labute approximate surface area is 81.1 Å². The van der Waals surface area contributed by atoms with E-state index < -0.39 is 0 Å². The third-order valence-corrected chi connectivity index (χ3v) is 1.99. The second-order valence-corrected chi connectivity index (χ2v) is 2.86. The number of rotatable bonds is 2. The normalized spacial score (nSPS) is 14.1. The molecule has 0 saturated heterocycles. The minimum atomic E-state index is 0.614. The third-order valence-electron chi connectivity index (χ3n) is 1.99. The van der Waals surface area contributed by atoms with Crippen LogP contribution in [0.25, 0.3) is 10.4 Å². The lowest BCUT2D eigenvalue weighted by molar-refractivity contribution is 0.960. The van der Waals surface area contributed by atoms with E-state index in [-0.39, 0.29) is 0 Å². The van der Waals surface area contributed by atoms with E-state index in [2.05, 4.69) is 20.3 Å². The van der Waals surface area contributed by atoms with Gasteiger partial charge in [-0.1, -0.05) is 29.4 Å². The summed E-state index contributed by atoms with van der Waals surface area (Å²) in [5, 5.41) is 6.75. The Kier molecular flexibility index (Phi) is 2.34. The van der Waals surface area contributed by atoms with Gasteiger partial charge in [0.15, 0.2) is 0 Å². The molecule has 0 fully saturated rings. The molecule has 0 spiro atoms. The Morgan fingerprint density at radius 1 is 1.43 bits per heavy atom. The van der Waals surface area contributed by atoms with E-state index in [1.165, 1.54) is 0 Å². The maximum absolute atomic E-state index is 8.39. The van der Waals surface area contributed by atoms with Crippen LogP contribution in [0.2, 0.25) is 0 Å². The number of hydrogen-bond donors (Lipinski definition) is 1. The van der Waals surface area contributed by atoms with E-state index >= 15 is 0 Å². The molecule has 0 aliphatic carbocycles. The molecule has 5 heteroatoms. The van der Waals surface area contributed by atoms with Crippen LogP contribution in [0.4, 0.5) is 5.69 Å². The summed E-state index contributed by atoms with van der Waals surface area (Å²) in [5.41, 5.74) is 9.86. The van der Waals surface area contributed by atoms with Crippen LogP contribution in [0, 0.1) is 0 Å². The first-order chi connectivity index (χ1) is 6.92. The summed E-state index contributed by atoms with van der Waals surface area (Å²) < 4.78 is 0. The van der Waals surface area contributed by atoms with Crippen LogP contribution in [0.1, 0.15) is 5.56 Å². The van der Waals surface area contributed by atoms with Gasteiger partial charge in [0.25, 0.3) is 0 Å². The molecule has 0 radical (unpaired) electrons. The lowest BCUT2D eigenvalue weighted by Crippen LogP contribution is -2.19. The zero-order valence-electron chi connectivity index (χ0n) is 7.51. The quantitative estimate of drug-likeness (QED) is 0.429. The third kappa shape index (κ3) is 1.53. The van der Waals surface area contributed by atoms with Gasteiger partial charge >= 0.3 is 0 Å². The van der Waals surface area contributed by atoms with Crippen molar-refractivity contribution in [3.05, 3.63) is 40.3 Å². The number of nitrogens with one attached hydrogen (secondary N) is 1. The minimum Gasteiger partial charge on any atom is -0.368 e. The topological polar surface area (TPSA) is 73.2 Å². The van der Waals surface area contributed by atoms with Crippen LogP contribution >= 0.6 is 0 Å². The number of azide groups is 1. The molecule has 1 aromatic carbocycles. The fourth-order valence-electron chi connectivity index (χ4n) is 1.39. The van der Waals surface area contributed by atoms with Crippen molar-refractivity contribution in [3.8, 4) is 0 Å². The summed E-state index contributed by atoms with van der Waals surface area (Å²) in [6, 6.07) is 7.40. The van der Waals surface area contributed by atoms with Crippen molar-refractivity contribution in [2.75, 3.05) is 13.1 Å². The van der Waals surface area contributed by atoms with Gasteiger partial charge in [0, 0.05) is 22.7 Å². The standard InChI is InChI=1S/C9H9N5/c10-14-13-8-4-2-1-3-7(8)9-11-5-6-12-9/h1-4H,5-6H2,(H,11,12). The predicted octanol–water partition coefficient (Wildman–Crippen LogP) is 1.98. The molecule has 1 aliphatic rings. The first-order valence-corrected chi connectivity index (χ1v) is 4.34. The molecule has 2 rings (SSSR count). The molecule has 0 unspecified atom stereocenters. The van der Waals surface area contributed by atoms with E-state index in [0.717, 1.165) is 24.5 Å². The van der Waals surface area contributed by atoms with Gasteiger partial charge in [0.2, 0.25) is 0 Å². The van der Waals surface area contributed by atoms with Gasteiger partial charge in [-0.2, -0.15) is 0 Å². The minimum absolute atomic E-state index is 0.614. The van der Waals surface area contributed by atoms with E-state index in [4.69, 9.17) is 5.53 Å². The van der Waals surface area contributed by atoms with E-state index in [9.17, 15) is 0 Å². The first-order valence-electron chi connectivity index (χ1n) is 4.34. The number of nitrogens with zero attached hydrogens (tertiary/aromatic N) is 4. The molecular formula is C9H9N5. The molecule has 1 aliphatic heterocycles. The van der Waals surface area contributed by atoms with Crippen molar-refractivity contribution in [3.63, 3.8) is 0 Å². The monoisotopic (exact) mass is 187 g/mol. The van der Waals surface area contributed by atoms with Crippen LogP contribution in [-0.2, 0) is 0 Å². The maximum atomic E-state index is 8.39. The second kappa shape index (κ2) is 3.81. The zero-order valence-corrected chi connectivity index (χ0v) is 7.51. The van der Waals surface area contributed by atoms with Crippen molar-refractivity contribution in [1.29, 1.82) is 0 Å².